The maximum atomic E-state index is 10.9. The average Bonchev–Trinajstić information content (AvgIpc) is 2.32. The topological polar surface area (TPSA) is 67.8 Å². The van der Waals surface area contributed by atoms with E-state index in [2.05, 4.69) is 16.0 Å². The summed E-state index contributed by atoms with van der Waals surface area (Å²) in [6, 6.07) is 0. The largest absolute Gasteiger partial charge is 0.369 e. The fraction of sp³-hybridized carbons (Fsp3) is 0.500. The molecule has 0 heterocycles. The number of nitrogens with zero attached hydrogens (tertiary/aromatic N) is 2. The molecule has 2 N–H and O–H groups in total. The van der Waals surface area contributed by atoms with Gasteiger partial charge in [-0.05, 0) is 31.9 Å². The summed E-state index contributed by atoms with van der Waals surface area (Å²) in [5.74, 6) is -0.343. The molecule has 4 heteroatoms. The Morgan fingerprint density at radius 3 is 2.94 bits per heavy atom. The fourth-order valence-corrected chi connectivity index (χ4v) is 1.56. The molecule has 1 amide bonds. The SMILES string of the molecule is CN=NC1(C)C=C=C(CC(N)=O)C(C)=CC1. The lowest BCUT2D eigenvalue weighted by molar-refractivity contribution is -0.117. The normalized spacial score (nSPS) is 25.2. The highest BCUT2D eigenvalue weighted by Gasteiger charge is 2.21. The number of amides is 1. The molecule has 0 spiro atoms. The third kappa shape index (κ3) is 3.17. The second-order valence-corrected chi connectivity index (χ2v) is 4.16. The van der Waals surface area contributed by atoms with Gasteiger partial charge in [-0.3, -0.25) is 4.79 Å². The van der Waals surface area contributed by atoms with E-state index in [1.165, 1.54) is 0 Å². The first kappa shape index (κ1) is 12.4. The van der Waals surface area contributed by atoms with E-state index in [-0.39, 0.29) is 17.9 Å². The van der Waals surface area contributed by atoms with Crippen molar-refractivity contribution in [2.45, 2.75) is 32.2 Å². The molecule has 4 nitrogen and oxygen atoms in total. The fourth-order valence-electron chi connectivity index (χ4n) is 1.56. The first-order chi connectivity index (χ1) is 7.47. The maximum Gasteiger partial charge on any atom is 0.222 e. The van der Waals surface area contributed by atoms with Gasteiger partial charge in [-0.2, -0.15) is 10.2 Å². The quantitative estimate of drug-likeness (QED) is 0.573. The summed E-state index contributed by atoms with van der Waals surface area (Å²) in [5.41, 5.74) is 9.79. The van der Waals surface area contributed by atoms with E-state index in [0.29, 0.717) is 0 Å². The maximum absolute atomic E-state index is 10.9. The van der Waals surface area contributed by atoms with Crippen LogP contribution in [0.3, 0.4) is 0 Å². The van der Waals surface area contributed by atoms with Gasteiger partial charge in [0.25, 0.3) is 0 Å². The zero-order valence-electron chi connectivity index (χ0n) is 9.95. The molecule has 0 radical (unpaired) electrons. The molecule has 0 aromatic heterocycles. The van der Waals surface area contributed by atoms with E-state index in [1.54, 1.807) is 7.05 Å². The van der Waals surface area contributed by atoms with Crippen LogP contribution in [0.1, 0.15) is 26.7 Å². The van der Waals surface area contributed by atoms with Gasteiger partial charge in [0.15, 0.2) is 0 Å². The minimum Gasteiger partial charge on any atom is -0.369 e. The van der Waals surface area contributed by atoms with Crippen molar-refractivity contribution < 1.29 is 4.79 Å². The molecule has 1 aliphatic rings. The third-order valence-electron chi connectivity index (χ3n) is 2.53. The van der Waals surface area contributed by atoms with Crippen molar-refractivity contribution in [3.05, 3.63) is 29.0 Å². The van der Waals surface area contributed by atoms with Crippen molar-refractivity contribution in [2.75, 3.05) is 7.05 Å². The number of allylic oxidation sites excluding steroid dienone is 1. The van der Waals surface area contributed by atoms with Gasteiger partial charge < -0.3 is 5.73 Å². The number of azo groups is 1. The van der Waals surface area contributed by atoms with Crippen LogP contribution in [-0.4, -0.2) is 18.5 Å². The van der Waals surface area contributed by atoms with E-state index >= 15 is 0 Å². The van der Waals surface area contributed by atoms with Crippen LogP contribution in [0.15, 0.2) is 39.3 Å². The van der Waals surface area contributed by atoms with Gasteiger partial charge in [0.1, 0.15) is 5.54 Å². The lowest BCUT2D eigenvalue weighted by Crippen LogP contribution is -2.15. The summed E-state index contributed by atoms with van der Waals surface area (Å²) >= 11 is 0. The van der Waals surface area contributed by atoms with Crippen LogP contribution >= 0.6 is 0 Å². The molecule has 0 bridgehead atoms. The highest BCUT2D eigenvalue weighted by molar-refractivity contribution is 5.77. The Labute approximate surface area is 95.6 Å². The summed E-state index contributed by atoms with van der Waals surface area (Å²) in [6.45, 7) is 3.93. The number of nitrogens with two attached hydrogens (primary N) is 1. The number of carbonyl (C=O) groups is 1. The van der Waals surface area contributed by atoms with Crippen molar-refractivity contribution in [1.82, 2.24) is 0 Å². The number of carbonyl (C=O) groups excluding carboxylic acids is 1. The van der Waals surface area contributed by atoms with Crippen LogP contribution in [0.4, 0.5) is 0 Å². The van der Waals surface area contributed by atoms with E-state index < -0.39 is 0 Å². The van der Waals surface area contributed by atoms with Crippen molar-refractivity contribution in [1.29, 1.82) is 0 Å². The van der Waals surface area contributed by atoms with E-state index in [4.69, 9.17) is 5.73 Å². The van der Waals surface area contributed by atoms with Crippen LogP contribution in [0.5, 0.6) is 0 Å². The molecule has 1 rings (SSSR count). The first-order valence-corrected chi connectivity index (χ1v) is 5.20. The minimum atomic E-state index is -0.366. The Balaban J connectivity index is 3.08. The summed E-state index contributed by atoms with van der Waals surface area (Å²) in [6.07, 6.45) is 4.87. The van der Waals surface area contributed by atoms with E-state index in [1.807, 2.05) is 26.0 Å². The summed E-state index contributed by atoms with van der Waals surface area (Å²) in [5, 5.41) is 7.96. The van der Waals surface area contributed by atoms with Gasteiger partial charge >= 0.3 is 0 Å². The molecular weight excluding hydrogens is 202 g/mol. The van der Waals surface area contributed by atoms with Gasteiger partial charge in [-0.25, -0.2) is 0 Å². The van der Waals surface area contributed by atoms with Crippen molar-refractivity contribution in [2.24, 2.45) is 16.0 Å². The van der Waals surface area contributed by atoms with Gasteiger partial charge in [0, 0.05) is 12.6 Å². The predicted octanol–water partition coefficient (Wildman–Crippen LogP) is 2.13. The molecule has 0 fully saturated rings. The third-order valence-corrected chi connectivity index (χ3v) is 2.53. The summed E-state index contributed by atoms with van der Waals surface area (Å²) < 4.78 is 0. The molecular formula is C12H17N3O. The Morgan fingerprint density at radius 1 is 1.69 bits per heavy atom. The lowest BCUT2D eigenvalue weighted by atomic mass is 9.99. The Morgan fingerprint density at radius 2 is 2.38 bits per heavy atom. The first-order valence-electron chi connectivity index (χ1n) is 5.20. The standard InChI is InChI=1S/C12H17N3O/c1-9-4-6-12(2,15-14-3)7-5-10(9)8-11(13)16/h4,7H,6,8H2,1-3H3,(H2,13,16). The monoisotopic (exact) mass is 219 g/mol. The number of primary amides is 1. The van der Waals surface area contributed by atoms with Crippen molar-refractivity contribution in [3.8, 4) is 0 Å². The zero-order valence-corrected chi connectivity index (χ0v) is 9.95. The molecule has 0 aromatic rings. The zero-order chi connectivity index (χ0) is 12.2. The molecule has 0 saturated heterocycles. The van der Waals surface area contributed by atoms with Crippen LogP contribution in [-0.2, 0) is 4.79 Å². The number of rotatable bonds is 3. The molecule has 16 heavy (non-hydrogen) atoms. The van der Waals surface area contributed by atoms with Gasteiger partial charge in [-0.1, -0.05) is 6.08 Å². The Kier molecular flexibility index (Phi) is 3.80. The molecule has 0 aromatic carbocycles. The predicted molar refractivity (Wildman–Crippen MR) is 63.0 cm³/mol. The second-order valence-electron chi connectivity index (χ2n) is 4.16. The Hall–Kier alpha value is -1.67. The second kappa shape index (κ2) is 4.90. The molecule has 0 saturated carbocycles. The number of hydrogen-bond acceptors (Lipinski definition) is 3. The van der Waals surface area contributed by atoms with E-state index in [9.17, 15) is 4.79 Å². The minimum absolute atomic E-state index is 0.220. The highest BCUT2D eigenvalue weighted by Crippen LogP contribution is 2.25. The van der Waals surface area contributed by atoms with Crippen LogP contribution < -0.4 is 5.73 Å². The number of hydrogen-bond donors (Lipinski definition) is 1. The van der Waals surface area contributed by atoms with Crippen molar-refractivity contribution >= 4 is 5.91 Å². The molecule has 0 aliphatic heterocycles. The van der Waals surface area contributed by atoms with Crippen LogP contribution in [0, 0.1) is 0 Å². The van der Waals surface area contributed by atoms with Gasteiger partial charge in [0.05, 0.1) is 6.42 Å². The van der Waals surface area contributed by atoms with Crippen molar-refractivity contribution in [3.63, 3.8) is 0 Å². The average molecular weight is 219 g/mol. The molecule has 1 aliphatic carbocycles. The highest BCUT2D eigenvalue weighted by atomic mass is 16.1. The molecule has 1 atom stereocenters. The lowest BCUT2D eigenvalue weighted by Gasteiger charge is -2.14. The van der Waals surface area contributed by atoms with E-state index in [0.717, 1.165) is 17.6 Å². The molecule has 1 unspecified atom stereocenters. The molecule has 86 valence electrons. The van der Waals surface area contributed by atoms with Gasteiger partial charge in [-0.15, -0.1) is 5.73 Å². The van der Waals surface area contributed by atoms with Crippen LogP contribution in [0.2, 0.25) is 0 Å². The summed E-state index contributed by atoms with van der Waals surface area (Å²) in [7, 11) is 1.65. The Bertz CT molecular complexity index is 414. The van der Waals surface area contributed by atoms with Gasteiger partial charge in [0.2, 0.25) is 5.91 Å². The summed E-state index contributed by atoms with van der Waals surface area (Å²) in [4.78, 5) is 10.9. The smallest absolute Gasteiger partial charge is 0.222 e. The van der Waals surface area contributed by atoms with Crippen LogP contribution in [0.25, 0.3) is 0 Å².